The summed E-state index contributed by atoms with van der Waals surface area (Å²) in [4.78, 5) is 14.6. The molecule has 0 radical (unpaired) electrons. The highest BCUT2D eigenvalue weighted by atomic mass is 16.6. The van der Waals surface area contributed by atoms with Gasteiger partial charge >= 0.3 is 6.09 Å². The monoisotopic (exact) mass is 287 g/mol. The molecular weight excluding hydrogens is 262 g/mol. The van der Waals surface area contributed by atoms with Crippen LogP contribution in [0.3, 0.4) is 0 Å². The van der Waals surface area contributed by atoms with Gasteiger partial charge in [0.25, 0.3) is 0 Å². The van der Waals surface area contributed by atoms with Crippen molar-refractivity contribution < 1.29 is 9.53 Å². The molecule has 2 fully saturated rings. The topological polar surface area (TPSA) is 29.5 Å². The molecule has 2 aliphatic rings. The summed E-state index contributed by atoms with van der Waals surface area (Å²) in [6, 6.07) is 10.7. The van der Waals surface area contributed by atoms with Crippen molar-refractivity contribution in [3.05, 3.63) is 35.9 Å². The van der Waals surface area contributed by atoms with Gasteiger partial charge in [0.1, 0.15) is 6.61 Å². The summed E-state index contributed by atoms with van der Waals surface area (Å²) >= 11 is 0. The van der Waals surface area contributed by atoms with E-state index in [4.69, 9.17) is 4.74 Å². The summed E-state index contributed by atoms with van der Waals surface area (Å²) in [5.74, 6) is 0.702. The maximum atomic E-state index is 12.5. The number of amides is 1. The lowest BCUT2D eigenvalue weighted by Gasteiger charge is -2.33. The zero-order valence-electron chi connectivity index (χ0n) is 12.8. The van der Waals surface area contributed by atoms with Crippen LogP contribution < -0.4 is 0 Å². The molecule has 3 nitrogen and oxygen atoms in total. The van der Waals surface area contributed by atoms with Gasteiger partial charge < -0.3 is 9.64 Å². The standard InChI is InChI=1S/C18H25NO2/c1-2-16-12-15-10-6-7-11-17(15)19(16)18(20)21-13-14-8-4-3-5-9-14/h3-5,8-9,15-17H,2,6-7,10-13H2,1H3. The quantitative estimate of drug-likeness (QED) is 0.826. The molecule has 3 heteroatoms. The number of carbonyl (C=O) groups is 1. The second kappa shape index (κ2) is 6.50. The van der Waals surface area contributed by atoms with E-state index in [9.17, 15) is 4.79 Å². The second-order valence-electron chi connectivity index (χ2n) is 6.36. The molecule has 0 N–H and O–H groups in total. The smallest absolute Gasteiger partial charge is 0.410 e. The Kier molecular flexibility index (Phi) is 4.47. The van der Waals surface area contributed by atoms with Gasteiger partial charge in [0.2, 0.25) is 0 Å². The fourth-order valence-electron chi connectivity index (χ4n) is 4.00. The molecule has 1 aliphatic heterocycles. The van der Waals surface area contributed by atoms with Gasteiger partial charge in [0.05, 0.1) is 0 Å². The first-order chi connectivity index (χ1) is 10.3. The number of rotatable bonds is 3. The molecule has 3 unspecified atom stereocenters. The third kappa shape index (κ3) is 3.07. The third-order valence-electron chi connectivity index (χ3n) is 5.08. The molecule has 1 aliphatic carbocycles. The average molecular weight is 287 g/mol. The second-order valence-corrected chi connectivity index (χ2v) is 6.36. The lowest BCUT2D eigenvalue weighted by atomic mass is 9.84. The summed E-state index contributed by atoms with van der Waals surface area (Å²) in [5, 5.41) is 0. The fraction of sp³-hybridized carbons (Fsp3) is 0.611. The van der Waals surface area contributed by atoms with Crippen LogP contribution >= 0.6 is 0 Å². The zero-order valence-corrected chi connectivity index (χ0v) is 12.8. The minimum atomic E-state index is -0.111. The number of fused-ring (bicyclic) bond motifs is 1. The van der Waals surface area contributed by atoms with Crippen molar-refractivity contribution in [2.75, 3.05) is 0 Å². The summed E-state index contributed by atoms with van der Waals surface area (Å²) in [6.07, 6.45) is 7.10. The van der Waals surface area contributed by atoms with Crippen molar-refractivity contribution in [3.63, 3.8) is 0 Å². The van der Waals surface area contributed by atoms with Crippen molar-refractivity contribution >= 4 is 6.09 Å². The number of carbonyl (C=O) groups excluding carboxylic acids is 1. The molecule has 1 aromatic carbocycles. The van der Waals surface area contributed by atoms with Crippen LogP contribution in [0.15, 0.2) is 30.3 Å². The van der Waals surface area contributed by atoms with Crippen LogP contribution in [0.4, 0.5) is 4.79 Å². The summed E-state index contributed by atoms with van der Waals surface area (Å²) in [6.45, 7) is 2.56. The van der Waals surface area contributed by atoms with Gasteiger partial charge in [-0.05, 0) is 37.2 Å². The lowest BCUT2D eigenvalue weighted by Crippen LogP contribution is -2.43. The van der Waals surface area contributed by atoms with E-state index in [0.717, 1.165) is 18.4 Å². The minimum absolute atomic E-state index is 0.111. The number of benzene rings is 1. The molecule has 0 spiro atoms. The van der Waals surface area contributed by atoms with Crippen molar-refractivity contribution in [2.45, 2.75) is 64.1 Å². The van der Waals surface area contributed by atoms with Crippen LogP contribution in [-0.2, 0) is 11.3 Å². The Labute approximate surface area is 127 Å². The molecule has 0 aromatic heterocycles. The van der Waals surface area contributed by atoms with Crippen LogP contribution in [-0.4, -0.2) is 23.1 Å². The maximum absolute atomic E-state index is 12.5. The molecule has 21 heavy (non-hydrogen) atoms. The first-order valence-corrected chi connectivity index (χ1v) is 8.28. The van der Waals surface area contributed by atoms with E-state index in [1.807, 2.05) is 30.3 Å². The van der Waals surface area contributed by atoms with Gasteiger partial charge in [0.15, 0.2) is 0 Å². The van der Waals surface area contributed by atoms with Crippen LogP contribution in [0.25, 0.3) is 0 Å². The number of likely N-dealkylation sites (tertiary alicyclic amines) is 1. The summed E-state index contributed by atoms with van der Waals surface area (Å²) < 4.78 is 5.58. The van der Waals surface area contributed by atoms with Gasteiger partial charge in [-0.3, -0.25) is 0 Å². The van der Waals surface area contributed by atoms with Gasteiger partial charge in [-0.25, -0.2) is 4.79 Å². The Balaban J connectivity index is 1.64. The Hall–Kier alpha value is -1.51. The SMILES string of the molecule is CCC1CC2CCCCC2N1C(=O)OCc1ccccc1. The first kappa shape index (κ1) is 14.4. The Morgan fingerprint density at radius 3 is 2.76 bits per heavy atom. The van der Waals surface area contributed by atoms with Gasteiger partial charge in [-0.1, -0.05) is 50.1 Å². The Bertz CT molecular complexity index is 473. The van der Waals surface area contributed by atoms with Gasteiger partial charge in [-0.15, -0.1) is 0 Å². The van der Waals surface area contributed by atoms with E-state index < -0.39 is 0 Å². The number of ether oxygens (including phenoxy) is 1. The molecule has 1 amide bonds. The van der Waals surface area contributed by atoms with E-state index >= 15 is 0 Å². The highest BCUT2D eigenvalue weighted by Gasteiger charge is 2.44. The zero-order chi connectivity index (χ0) is 14.7. The number of hydrogen-bond acceptors (Lipinski definition) is 2. The molecule has 114 valence electrons. The third-order valence-corrected chi connectivity index (χ3v) is 5.08. The molecule has 3 rings (SSSR count). The Morgan fingerprint density at radius 2 is 2.00 bits per heavy atom. The van der Waals surface area contributed by atoms with Crippen LogP contribution in [0, 0.1) is 5.92 Å². The Morgan fingerprint density at radius 1 is 1.24 bits per heavy atom. The van der Waals surface area contributed by atoms with Crippen LogP contribution in [0.5, 0.6) is 0 Å². The highest BCUT2D eigenvalue weighted by Crippen LogP contribution is 2.40. The fourth-order valence-corrected chi connectivity index (χ4v) is 4.00. The van der Waals surface area contributed by atoms with Gasteiger partial charge in [-0.2, -0.15) is 0 Å². The predicted octanol–water partition coefficient (Wildman–Crippen LogP) is 4.37. The van der Waals surface area contributed by atoms with Crippen molar-refractivity contribution in [1.29, 1.82) is 0 Å². The molecule has 0 bridgehead atoms. The number of nitrogens with zero attached hydrogens (tertiary/aromatic N) is 1. The van der Waals surface area contributed by atoms with Gasteiger partial charge in [0, 0.05) is 12.1 Å². The average Bonchev–Trinajstić information content (AvgIpc) is 2.92. The molecular formula is C18H25NO2. The van der Waals surface area contributed by atoms with Crippen molar-refractivity contribution in [1.82, 2.24) is 4.90 Å². The summed E-state index contributed by atoms with van der Waals surface area (Å²) in [5.41, 5.74) is 1.05. The summed E-state index contributed by atoms with van der Waals surface area (Å²) in [7, 11) is 0. The predicted molar refractivity (Wildman–Crippen MR) is 82.9 cm³/mol. The number of hydrogen-bond donors (Lipinski definition) is 0. The van der Waals surface area contributed by atoms with E-state index in [2.05, 4.69) is 11.8 Å². The first-order valence-electron chi connectivity index (χ1n) is 8.28. The molecule has 1 aromatic rings. The van der Waals surface area contributed by atoms with E-state index in [1.54, 1.807) is 0 Å². The largest absolute Gasteiger partial charge is 0.445 e. The van der Waals surface area contributed by atoms with Crippen LogP contribution in [0.2, 0.25) is 0 Å². The molecule has 1 saturated carbocycles. The maximum Gasteiger partial charge on any atom is 0.410 e. The van der Waals surface area contributed by atoms with E-state index in [-0.39, 0.29) is 6.09 Å². The van der Waals surface area contributed by atoms with Crippen molar-refractivity contribution in [3.8, 4) is 0 Å². The van der Waals surface area contributed by atoms with Crippen LogP contribution in [0.1, 0.15) is 51.0 Å². The molecule has 1 saturated heterocycles. The van der Waals surface area contributed by atoms with Crippen molar-refractivity contribution in [2.24, 2.45) is 5.92 Å². The highest BCUT2D eigenvalue weighted by molar-refractivity contribution is 5.69. The van der Waals surface area contributed by atoms with E-state index in [0.29, 0.717) is 24.6 Å². The van der Waals surface area contributed by atoms with E-state index in [1.165, 1.54) is 25.7 Å². The normalized spacial score (nSPS) is 28.2. The molecule has 3 atom stereocenters. The molecule has 1 heterocycles. The minimum Gasteiger partial charge on any atom is -0.445 e. The lowest BCUT2D eigenvalue weighted by molar-refractivity contribution is 0.0687.